The lowest BCUT2D eigenvalue weighted by Crippen LogP contribution is -1.95. The highest BCUT2D eigenvalue weighted by Crippen LogP contribution is 2.35. The average molecular weight is 291 g/mol. The number of ether oxygens (including phenoxy) is 2. The van der Waals surface area contributed by atoms with Crippen molar-refractivity contribution >= 4 is 12.0 Å². The zero-order valence-electron chi connectivity index (χ0n) is 10.9. The Bertz CT molecular complexity index is 702. The summed E-state index contributed by atoms with van der Waals surface area (Å²) in [5.41, 5.74) is 0.00601. The molecule has 0 spiro atoms. The van der Waals surface area contributed by atoms with E-state index in [4.69, 9.17) is 9.47 Å². The van der Waals surface area contributed by atoms with Crippen molar-refractivity contribution in [2.24, 2.45) is 0 Å². The van der Waals surface area contributed by atoms with E-state index in [9.17, 15) is 19.3 Å². The van der Waals surface area contributed by atoms with E-state index >= 15 is 0 Å². The molecular formula is C14H10FNO5. The Balaban J connectivity index is 2.35. The van der Waals surface area contributed by atoms with Gasteiger partial charge in [-0.1, -0.05) is 0 Å². The van der Waals surface area contributed by atoms with E-state index in [1.807, 2.05) is 0 Å². The smallest absolute Gasteiger partial charge is 0.273 e. The molecule has 0 atom stereocenters. The van der Waals surface area contributed by atoms with Crippen LogP contribution >= 0.6 is 0 Å². The summed E-state index contributed by atoms with van der Waals surface area (Å²) in [4.78, 5) is 20.6. The van der Waals surface area contributed by atoms with Gasteiger partial charge in [0.15, 0.2) is 23.1 Å². The zero-order chi connectivity index (χ0) is 15.4. The van der Waals surface area contributed by atoms with Gasteiger partial charge in [0.1, 0.15) is 6.29 Å². The maximum absolute atomic E-state index is 13.7. The number of hydrogen-bond donors (Lipinski definition) is 0. The Morgan fingerprint density at radius 2 is 1.86 bits per heavy atom. The molecule has 6 nitrogen and oxygen atoms in total. The average Bonchev–Trinajstić information content (AvgIpc) is 2.49. The molecule has 108 valence electrons. The number of non-ortho nitro benzene ring substituents is 1. The Morgan fingerprint density at radius 1 is 1.14 bits per heavy atom. The summed E-state index contributed by atoms with van der Waals surface area (Å²) in [5.74, 6) is -0.614. The molecule has 0 aliphatic carbocycles. The van der Waals surface area contributed by atoms with Crippen LogP contribution in [0, 0.1) is 15.9 Å². The number of benzene rings is 2. The molecule has 21 heavy (non-hydrogen) atoms. The van der Waals surface area contributed by atoms with Crippen LogP contribution in [0.25, 0.3) is 0 Å². The van der Waals surface area contributed by atoms with E-state index in [-0.39, 0.29) is 28.5 Å². The van der Waals surface area contributed by atoms with E-state index < -0.39 is 10.7 Å². The molecule has 0 aliphatic heterocycles. The van der Waals surface area contributed by atoms with Gasteiger partial charge in [0.25, 0.3) is 5.69 Å². The number of aldehydes is 1. The minimum absolute atomic E-state index is 0.100. The fourth-order valence-corrected chi connectivity index (χ4v) is 1.65. The number of methoxy groups -OCH3 is 1. The third kappa shape index (κ3) is 3.14. The van der Waals surface area contributed by atoms with Crippen LogP contribution in [0.3, 0.4) is 0 Å². The highest BCUT2D eigenvalue weighted by atomic mass is 19.1. The Morgan fingerprint density at radius 3 is 2.43 bits per heavy atom. The van der Waals surface area contributed by atoms with Crippen molar-refractivity contribution < 1.29 is 23.6 Å². The second-order valence-corrected chi connectivity index (χ2v) is 4.00. The monoisotopic (exact) mass is 291 g/mol. The van der Waals surface area contributed by atoms with Crippen molar-refractivity contribution in [3.05, 3.63) is 57.9 Å². The van der Waals surface area contributed by atoms with Crippen molar-refractivity contribution in [3.8, 4) is 17.2 Å². The van der Waals surface area contributed by atoms with Gasteiger partial charge in [-0.25, -0.2) is 4.39 Å². The SMILES string of the molecule is COc1cc([N+](=O)[O-])ccc1Oc1ccc(C=O)cc1F. The lowest BCUT2D eigenvalue weighted by atomic mass is 10.2. The molecule has 0 heterocycles. The Hall–Kier alpha value is -2.96. The lowest BCUT2D eigenvalue weighted by molar-refractivity contribution is -0.384. The summed E-state index contributed by atoms with van der Waals surface area (Å²) >= 11 is 0. The minimum atomic E-state index is -0.722. The van der Waals surface area contributed by atoms with E-state index in [0.29, 0.717) is 6.29 Å². The van der Waals surface area contributed by atoms with Gasteiger partial charge in [-0.2, -0.15) is 0 Å². The van der Waals surface area contributed by atoms with Gasteiger partial charge < -0.3 is 9.47 Å². The van der Waals surface area contributed by atoms with E-state index in [0.717, 1.165) is 6.07 Å². The molecule has 0 aliphatic rings. The normalized spacial score (nSPS) is 10.0. The standard InChI is InChI=1S/C14H10FNO5/c1-20-14-7-10(16(18)19)3-5-13(14)21-12-4-2-9(8-17)6-11(12)15/h2-8H,1H3. The molecule has 0 amide bonds. The molecular weight excluding hydrogens is 281 g/mol. The fraction of sp³-hybridized carbons (Fsp3) is 0.0714. The van der Waals surface area contributed by atoms with Crippen LogP contribution in [0.15, 0.2) is 36.4 Å². The van der Waals surface area contributed by atoms with Gasteiger partial charge in [-0.3, -0.25) is 14.9 Å². The second kappa shape index (κ2) is 6.00. The zero-order valence-corrected chi connectivity index (χ0v) is 10.9. The number of halogens is 1. The van der Waals surface area contributed by atoms with Crippen LogP contribution < -0.4 is 9.47 Å². The van der Waals surface area contributed by atoms with Crippen molar-refractivity contribution in [3.63, 3.8) is 0 Å². The van der Waals surface area contributed by atoms with Crippen molar-refractivity contribution in [1.29, 1.82) is 0 Å². The second-order valence-electron chi connectivity index (χ2n) is 4.00. The molecule has 0 N–H and O–H groups in total. The number of hydrogen-bond acceptors (Lipinski definition) is 5. The third-order valence-electron chi connectivity index (χ3n) is 2.67. The van der Waals surface area contributed by atoms with Gasteiger partial charge in [0, 0.05) is 11.6 Å². The third-order valence-corrected chi connectivity index (χ3v) is 2.67. The van der Waals surface area contributed by atoms with E-state index in [1.165, 1.54) is 37.4 Å². The predicted octanol–water partition coefficient (Wildman–Crippen LogP) is 3.35. The first-order chi connectivity index (χ1) is 10.0. The molecule has 0 saturated carbocycles. The Kier molecular flexibility index (Phi) is 4.13. The summed E-state index contributed by atoms with van der Waals surface area (Å²) in [6.45, 7) is 0. The van der Waals surface area contributed by atoms with Crippen molar-refractivity contribution in [2.45, 2.75) is 0 Å². The molecule has 0 unspecified atom stereocenters. The first kappa shape index (κ1) is 14.4. The fourth-order valence-electron chi connectivity index (χ4n) is 1.65. The maximum atomic E-state index is 13.7. The molecule has 0 fully saturated rings. The summed E-state index contributed by atoms with van der Waals surface area (Å²) in [7, 11) is 1.32. The quantitative estimate of drug-likeness (QED) is 0.479. The highest BCUT2D eigenvalue weighted by Gasteiger charge is 2.14. The largest absolute Gasteiger partial charge is 0.493 e. The van der Waals surface area contributed by atoms with Crippen LogP contribution in [0.1, 0.15) is 10.4 Å². The number of carbonyl (C=O) groups excluding carboxylic acids is 1. The predicted molar refractivity (Wildman–Crippen MR) is 71.5 cm³/mol. The van der Waals surface area contributed by atoms with Gasteiger partial charge in [0.2, 0.25) is 0 Å². The van der Waals surface area contributed by atoms with E-state index in [2.05, 4.69) is 0 Å². The van der Waals surface area contributed by atoms with Crippen LogP contribution in [0.4, 0.5) is 10.1 Å². The maximum Gasteiger partial charge on any atom is 0.273 e. The van der Waals surface area contributed by atoms with Gasteiger partial charge in [-0.05, 0) is 24.3 Å². The lowest BCUT2D eigenvalue weighted by Gasteiger charge is -2.10. The summed E-state index contributed by atoms with van der Waals surface area (Å²) < 4.78 is 24.0. The molecule has 0 saturated heterocycles. The van der Waals surface area contributed by atoms with Crippen molar-refractivity contribution in [2.75, 3.05) is 7.11 Å². The number of rotatable bonds is 5. The molecule has 0 bridgehead atoms. The van der Waals surface area contributed by atoms with E-state index in [1.54, 1.807) is 0 Å². The summed E-state index contributed by atoms with van der Waals surface area (Å²) in [5, 5.41) is 10.7. The minimum Gasteiger partial charge on any atom is -0.493 e. The van der Waals surface area contributed by atoms with Gasteiger partial charge in [0.05, 0.1) is 18.1 Å². The van der Waals surface area contributed by atoms with Gasteiger partial charge >= 0.3 is 0 Å². The molecule has 2 rings (SSSR count). The molecule has 2 aromatic carbocycles. The summed E-state index contributed by atoms with van der Waals surface area (Å²) in [6, 6.07) is 7.41. The van der Waals surface area contributed by atoms with Crippen LogP contribution in [-0.4, -0.2) is 18.3 Å². The highest BCUT2D eigenvalue weighted by molar-refractivity contribution is 5.75. The van der Waals surface area contributed by atoms with Crippen LogP contribution in [0.5, 0.6) is 17.2 Å². The van der Waals surface area contributed by atoms with Crippen LogP contribution in [0.2, 0.25) is 0 Å². The van der Waals surface area contributed by atoms with Gasteiger partial charge in [-0.15, -0.1) is 0 Å². The first-order valence-corrected chi connectivity index (χ1v) is 5.80. The number of carbonyl (C=O) groups is 1. The molecule has 2 aromatic rings. The molecule has 7 heteroatoms. The van der Waals surface area contributed by atoms with Crippen molar-refractivity contribution in [1.82, 2.24) is 0 Å². The number of nitro benzene ring substituents is 1. The Labute approximate surface area is 118 Å². The molecule has 0 radical (unpaired) electrons. The summed E-state index contributed by atoms with van der Waals surface area (Å²) in [6.07, 6.45) is 0.513. The first-order valence-electron chi connectivity index (χ1n) is 5.80. The molecule has 0 aromatic heterocycles. The topological polar surface area (TPSA) is 78.7 Å². The number of nitrogens with zero attached hydrogens (tertiary/aromatic N) is 1. The van der Waals surface area contributed by atoms with Crippen LogP contribution in [-0.2, 0) is 0 Å². The number of nitro groups is 1.